The van der Waals surface area contributed by atoms with Crippen molar-refractivity contribution >= 4 is 11.9 Å². The van der Waals surface area contributed by atoms with Gasteiger partial charge in [-0.25, -0.2) is 4.68 Å². The molecule has 2 aromatic rings. The second-order valence-corrected chi connectivity index (χ2v) is 5.42. The smallest absolute Gasteiger partial charge is 0.257 e. The Labute approximate surface area is 124 Å². The van der Waals surface area contributed by atoms with Gasteiger partial charge >= 0.3 is 0 Å². The van der Waals surface area contributed by atoms with Gasteiger partial charge in [-0.15, -0.1) is 0 Å². The van der Waals surface area contributed by atoms with Crippen LogP contribution in [0.3, 0.4) is 0 Å². The molecule has 0 aromatic carbocycles. The Morgan fingerprint density at radius 2 is 2.19 bits per heavy atom. The van der Waals surface area contributed by atoms with E-state index in [0.29, 0.717) is 17.8 Å². The molecule has 0 radical (unpaired) electrons. The Morgan fingerprint density at radius 3 is 2.81 bits per heavy atom. The summed E-state index contributed by atoms with van der Waals surface area (Å²) in [7, 11) is 2.04. The summed E-state index contributed by atoms with van der Waals surface area (Å²) in [6.45, 7) is 3.79. The van der Waals surface area contributed by atoms with E-state index in [1.54, 1.807) is 10.9 Å². The van der Waals surface area contributed by atoms with Gasteiger partial charge in [-0.1, -0.05) is 6.42 Å². The van der Waals surface area contributed by atoms with Crippen molar-refractivity contribution in [3.05, 3.63) is 18.5 Å². The number of nitrogens with one attached hydrogen (secondary N) is 1. The third-order valence-corrected chi connectivity index (χ3v) is 3.75. The van der Waals surface area contributed by atoms with Crippen molar-refractivity contribution in [2.75, 3.05) is 30.4 Å². The first-order valence-corrected chi connectivity index (χ1v) is 7.47. The number of anilines is 2. The van der Waals surface area contributed by atoms with Crippen molar-refractivity contribution < 1.29 is 0 Å². The summed E-state index contributed by atoms with van der Waals surface area (Å²) in [5.41, 5.74) is 0. The highest BCUT2D eigenvalue weighted by atomic mass is 15.4. The maximum Gasteiger partial charge on any atom is 0.257 e. The van der Waals surface area contributed by atoms with Gasteiger partial charge in [0.1, 0.15) is 0 Å². The first kappa shape index (κ1) is 13.8. The van der Waals surface area contributed by atoms with E-state index in [9.17, 15) is 0 Å². The summed E-state index contributed by atoms with van der Waals surface area (Å²) in [6.07, 6.45) is 7.51. The molecule has 1 saturated carbocycles. The summed E-state index contributed by atoms with van der Waals surface area (Å²) < 4.78 is 1.66. The second-order valence-electron chi connectivity index (χ2n) is 5.42. The summed E-state index contributed by atoms with van der Waals surface area (Å²) in [4.78, 5) is 15.5. The largest absolute Gasteiger partial charge is 0.354 e. The van der Waals surface area contributed by atoms with Gasteiger partial charge in [-0.2, -0.15) is 20.1 Å². The molecular weight excluding hydrogens is 266 g/mol. The molecule has 0 unspecified atom stereocenters. The highest BCUT2D eigenvalue weighted by Gasteiger charge is 2.21. The van der Waals surface area contributed by atoms with Crippen molar-refractivity contribution in [3.63, 3.8) is 0 Å². The minimum Gasteiger partial charge on any atom is -0.354 e. The summed E-state index contributed by atoms with van der Waals surface area (Å²) in [5.74, 6) is 2.59. The van der Waals surface area contributed by atoms with E-state index in [1.165, 1.54) is 19.3 Å². The standard InChI is InChI=1S/C14H21N7/c1-3-15-12-17-13(20(2)10-11-6-4-7-11)19-14(18-12)21-9-5-8-16-21/h5,8-9,11H,3-4,6-7,10H2,1-2H3,(H,15,17,18,19). The fraction of sp³-hybridized carbons (Fsp3) is 0.571. The van der Waals surface area contributed by atoms with E-state index in [-0.39, 0.29) is 0 Å². The Kier molecular flexibility index (Phi) is 3.98. The lowest BCUT2D eigenvalue weighted by Crippen LogP contribution is -2.31. The molecule has 0 amide bonds. The fourth-order valence-electron chi connectivity index (χ4n) is 2.40. The molecule has 0 saturated heterocycles. The number of aromatic nitrogens is 5. The number of rotatable bonds is 6. The summed E-state index contributed by atoms with van der Waals surface area (Å²) in [6, 6.07) is 1.86. The van der Waals surface area contributed by atoms with Gasteiger partial charge in [0.25, 0.3) is 5.95 Å². The molecule has 0 aliphatic heterocycles. The second kappa shape index (κ2) is 6.07. The van der Waals surface area contributed by atoms with Crippen LogP contribution in [0.2, 0.25) is 0 Å². The first-order valence-electron chi connectivity index (χ1n) is 7.47. The Hall–Kier alpha value is -2.18. The highest BCUT2D eigenvalue weighted by molar-refractivity contribution is 5.39. The molecule has 1 aliphatic rings. The lowest BCUT2D eigenvalue weighted by atomic mass is 9.85. The van der Waals surface area contributed by atoms with Crippen LogP contribution >= 0.6 is 0 Å². The highest BCUT2D eigenvalue weighted by Crippen LogP contribution is 2.27. The quantitative estimate of drug-likeness (QED) is 0.872. The molecule has 0 spiro atoms. The van der Waals surface area contributed by atoms with Crippen LogP contribution in [-0.4, -0.2) is 44.9 Å². The molecule has 1 N–H and O–H groups in total. The number of hydrogen-bond acceptors (Lipinski definition) is 6. The Bertz CT molecular complexity index is 577. The van der Waals surface area contributed by atoms with Crippen LogP contribution in [0.1, 0.15) is 26.2 Å². The van der Waals surface area contributed by atoms with Crippen molar-refractivity contribution in [2.24, 2.45) is 5.92 Å². The first-order chi connectivity index (χ1) is 10.3. The zero-order valence-corrected chi connectivity index (χ0v) is 12.5. The van der Waals surface area contributed by atoms with E-state index in [4.69, 9.17) is 0 Å². The van der Waals surface area contributed by atoms with Crippen LogP contribution in [0.15, 0.2) is 18.5 Å². The molecule has 0 bridgehead atoms. The SMILES string of the molecule is CCNc1nc(N(C)CC2CCC2)nc(-n2cccn2)n1. The van der Waals surface area contributed by atoms with Gasteiger partial charge in [0, 0.05) is 32.5 Å². The molecule has 1 fully saturated rings. The molecular formula is C14H21N7. The summed E-state index contributed by atoms with van der Waals surface area (Å²) in [5, 5.41) is 7.35. The van der Waals surface area contributed by atoms with Gasteiger partial charge in [-0.05, 0) is 31.7 Å². The predicted molar refractivity (Wildman–Crippen MR) is 81.7 cm³/mol. The van der Waals surface area contributed by atoms with E-state index in [1.807, 2.05) is 26.2 Å². The monoisotopic (exact) mass is 287 g/mol. The van der Waals surface area contributed by atoms with Crippen molar-refractivity contribution in [1.29, 1.82) is 0 Å². The third kappa shape index (κ3) is 3.12. The zero-order valence-electron chi connectivity index (χ0n) is 12.5. The average Bonchev–Trinajstić information content (AvgIpc) is 2.97. The van der Waals surface area contributed by atoms with Gasteiger partial charge in [0.05, 0.1) is 0 Å². The van der Waals surface area contributed by atoms with E-state index < -0.39 is 0 Å². The van der Waals surface area contributed by atoms with Gasteiger partial charge in [0.2, 0.25) is 11.9 Å². The minimum absolute atomic E-state index is 0.543. The van der Waals surface area contributed by atoms with Crippen LogP contribution in [-0.2, 0) is 0 Å². The Balaban J connectivity index is 1.87. The van der Waals surface area contributed by atoms with Gasteiger partial charge in [-0.3, -0.25) is 0 Å². The predicted octanol–water partition coefficient (Wildman–Crippen LogP) is 1.73. The molecule has 7 heteroatoms. The maximum atomic E-state index is 4.53. The van der Waals surface area contributed by atoms with Gasteiger partial charge in [0.15, 0.2) is 0 Å². The van der Waals surface area contributed by atoms with Crippen molar-refractivity contribution in [3.8, 4) is 5.95 Å². The lowest BCUT2D eigenvalue weighted by molar-refractivity contribution is 0.320. The molecule has 2 heterocycles. The molecule has 3 rings (SSSR count). The number of hydrogen-bond donors (Lipinski definition) is 1. The molecule has 0 atom stereocenters. The average molecular weight is 287 g/mol. The topological polar surface area (TPSA) is 71.8 Å². The van der Waals surface area contributed by atoms with E-state index in [2.05, 4.69) is 30.3 Å². The fourth-order valence-corrected chi connectivity index (χ4v) is 2.40. The third-order valence-electron chi connectivity index (χ3n) is 3.75. The number of nitrogens with zero attached hydrogens (tertiary/aromatic N) is 6. The van der Waals surface area contributed by atoms with E-state index >= 15 is 0 Å². The maximum absolute atomic E-state index is 4.53. The van der Waals surface area contributed by atoms with Crippen LogP contribution < -0.4 is 10.2 Å². The Morgan fingerprint density at radius 1 is 1.33 bits per heavy atom. The lowest BCUT2D eigenvalue weighted by Gasteiger charge is -2.30. The summed E-state index contributed by atoms with van der Waals surface area (Å²) >= 11 is 0. The molecule has 2 aromatic heterocycles. The molecule has 7 nitrogen and oxygen atoms in total. The van der Waals surface area contributed by atoms with Crippen LogP contribution in [0.5, 0.6) is 0 Å². The zero-order chi connectivity index (χ0) is 14.7. The van der Waals surface area contributed by atoms with E-state index in [0.717, 1.165) is 19.0 Å². The molecule has 1 aliphatic carbocycles. The minimum atomic E-state index is 0.543. The van der Waals surface area contributed by atoms with Crippen LogP contribution in [0.25, 0.3) is 5.95 Å². The van der Waals surface area contributed by atoms with Crippen LogP contribution in [0.4, 0.5) is 11.9 Å². The molecule has 112 valence electrons. The van der Waals surface area contributed by atoms with Crippen molar-refractivity contribution in [2.45, 2.75) is 26.2 Å². The van der Waals surface area contributed by atoms with Crippen LogP contribution in [0, 0.1) is 5.92 Å². The molecule has 21 heavy (non-hydrogen) atoms. The van der Waals surface area contributed by atoms with Crippen molar-refractivity contribution in [1.82, 2.24) is 24.7 Å². The normalized spacial score (nSPS) is 14.8. The van der Waals surface area contributed by atoms with Gasteiger partial charge < -0.3 is 10.2 Å².